The van der Waals surface area contributed by atoms with Crippen LogP contribution in [0.2, 0.25) is 0 Å². The summed E-state index contributed by atoms with van der Waals surface area (Å²) in [5.41, 5.74) is 1.11. The molecule has 0 aliphatic heterocycles. The SMILES string of the molecule is CC.C[S+](C)[N-]c1cccc2ccccc12. The highest BCUT2D eigenvalue weighted by molar-refractivity contribution is 7.98. The second-order valence-corrected chi connectivity index (χ2v) is 5.09. The molecule has 0 atom stereocenters. The van der Waals surface area contributed by atoms with Gasteiger partial charge in [-0.3, -0.25) is 0 Å². The standard InChI is InChI=1S/C12H13NS.C2H6/c1-14(2)13-12-9-5-7-10-6-3-4-8-11(10)12;1-2/h3-9H,1-2H3;1-2H3. The summed E-state index contributed by atoms with van der Waals surface area (Å²) < 4.78 is 4.62. The highest BCUT2D eigenvalue weighted by Gasteiger charge is 1.95. The first-order valence-corrected chi connectivity index (χ1v) is 7.54. The molecule has 0 amide bonds. The van der Waals surface area contributed by atoms with E-state index >= 15 is 0 Å². The molecule has 0 aromatic heterocycles. The summed E-state index contributed by atoms with van der Waals surface area (Å²) in [6.07, 6.45) is 4.25. The van der Waals surface area contributed by atoms with Crippen LogP contribution in [-0.2, 0) is 11.1 Å². The quantitative estimate of drug-likeness (QED) is 0.670. The summed E-state index contributed by atoms with van der Waals surface area (Å²) in [5, 5.41) is 2.51. The molecule has 0 aliphatic carbocycles. The largest absolute Gasteiger partial charge is 0.463 e. The smallest absolute Gasteiger partial charge is 0.0895 e. The molecule has 0 radical (unpaired) electrons. The molecular weight excluding hydrogens is 214 g/mol. The molecule has 0 heterocycles. The van der Waals surface area contributed by atoms with Crippen LogP contribution in [0.5, 0.6) is 0 Å². The molecule has 0 spiro atoms. The number of rotatable bonds is 2. The van der Waals surface area contributed by atoms with Gasteiger partial charge >= 0.3 is 0 Å². The maximum Gasteiger partial charge on any atom is 0.0895 e. The molecule has 2 heteroatoms. The minimum Gasteiger partial charge on any atom is -0.463 e. The summed E-state index contributed by atoms with van der Waals surface area (Å²) in [6.45, 7) is 4.00. The minimum absolute atomic E-state index is 0.102. The number of nitrogens with zero attached hydrogens (tertiary/aromatic N) is 1. The fraction of sp³-hybridized carbons (Fsp3) is 0.286. The zero-order valence-corrected chi connectivity index (χ0v) is 11.2. The van der Waals surface area contributed by atoms with Gasteiger partial charge in [0.2, 0.25) is 0 Å². The third-order valence-corrected chi connectivity index (χ3v) is 2.61. The fourth-order valence-electron chi connectivity index (χ4n) is 1.48. The van der Waals surface area contributed by atoms with Crippen molar-refractivity contribution in [2.45, 2.75) is 13.8 Å². The van der Waals surface area contributed by atoms with Gasteiger partial charge in [0.05, 0.1) is 12.5 Å². The zero-order chi connectivity index (χ0) is 12.0. The van der Waals surface area contributed by atoms with Crippen molar-refractivity contribution in [1.29, 1.82) is 0 Å². The topological polar surface area (TPSA) is 14.1 Å². The second kappa shape index (κ2) is 6.44. The molecule has 2 aromatic rings. The van der Waals surface area contributed by atoms with Gasteiger partial charge in [-0.1, -0.05) is 73.1 Å². The highest BCUT2D eigenvalue weighted by atomic mass is 32.2. The Labute approximate surface area is 101 Å². The monoisotopic (exact) mass is 233 g/mol. The lowest BCUT2D eigenvalue weighted by Crippen LogP contribution is -1.89. The fourth-order valence-corrected chi connectivity index (χ4v) is 2.04. The van der Waals surface area contributed by atoms with Crippen LogP contribution in [0.1, 0.15) is 13.8 Å². The van der Waals surface area contributed by atoms with E-state index in [0.717, 1.165) is 5.69 Å². The van der Waals surface area contributed by atoms with E-state index in [0.29, 0.717) is 0 Å². The summed E-state index contributed by atoms with van der Waals surface area (Å²) in [5.74, 6) is 0. The van der Waals surface area contributed by atoms with E-state index < -0.39 is 0 Å². The van der Waals surface area contributed by atoms with Crippen molar-refractivity contribution >= 4 is 27.5 Å². The average molecular weight is 233 g/mol. The van der Waals surface area contributed by atoms with Gasteiger partial charge in [-0.25, -0.2) is 0 Å². The molecule has 0 aliphatic rings. The van der Waals surface area contributed by atoms with E-state index in [9.17, 15) is 0 Å². The van der Waals surface area contributed by atoms with Crippen LogP contribution in [0.25, 0.3) is 15.5 Å². The zero-order valence-electron chi connectivity index (χ0n) is 10.4. The highest BCUT2D eigenvalue weighted by Crippen LogP contribution is 2.30. The Morgan fingerprint density at radius 3 is 2.19 bits per heavy atom. The normalized spacial score (nSPS) is 9.81. The molecule has 0 fully saturated rings. The first-order valence-electron chi connectivity index (χ1n) is 5.54. The maximum atomic E-state index is 4.62. The summed E-state index contributed by atoms with van der Waals surface area (Å²) in [6, 6.07) is 14.6. The van der Waals surface area contributed by atoms with Crippen molar-refractivity contribution < 1.29 is 0 Å². The lowest BCUT2D eigenvalue weighted by atomic mass is 10.1. The lowest BCUT2D eigenvalue weighted by molar-refractivity contribution is 1.50. The van der Waals surface area contributed by atoms with Crippen molar-refractivity contribution in [2.75, 3.05) is 12.5 Å². The van der Waals surface area contributed by atoms with Crippen molar-refractivity contribution in [1.82, 2.24) is 0 Å². The van der Waals surface area contributed by atoms with Gasteiger partial charge in [0.25, 0.3) is 0 Å². The molecular formula is C14H19NS. The molecule has 2 rings (SSSR count). The predicted octanol–water partition coefficient (Wildman–Crippen LogP) is 4.66. The van der Waals surface area contributed by atoms with Gasteiger partial charge in [0, 0.05) is 0 Å². The van der Waals surface area contributed by atoms with E-state index in [1.54, 1.807) is 0 Å². The molecule has 0 N–H and O–H groups in total. The number of benzene rings is 2. The molecule has 0 saturated heterocycles. The minimum atomic E-state index is 0.102. The van der Waals surface area contributed by atoms with Crippen LogP contribution in [-0.4, -0.2) is 12.5 Å². The average Bonchev–Trinajstić information content (AvgIpc) is 2.31. The van der Waals surface area contributed by atoms with Crippen LogP contribution in [0, 0.1) is 0 Å². The van der Waals surface area contributed by atoms with Crippen LogP contribution < -0.4 is 0 Å². The first-order chi connectivity index (χ1) is 7.77. The van der Waals surface area contributed by atoms with Crippen molar-refractivity contribution in [3.8, 4) is 0 Å². The second-order valence-electron chi connectivity index (χ2n) is 3.36. The number of fused-ring (bicyclic) bond motifs is 1. The number of hydrogen-bond acceptors (Lipinski definition) is 0. The Bertz CT molecular complexity index is 432. The van der Waals surface area contributed by atoms with Gasteiger partial charge in [-0.2, -0.15) is 0 Å². The van der Waals surface area contributed by atoms with Gasteiger partial charge in [0.15, 0.2) is 0 Å². The molecule has 0 saturated carbocycles. The summed E-state index contributed by atoms with van der Waals surface area (Å²) >= 11 is 0.102. The Morgan fingerprint density at radius 2 is 1.50 bits per heavy atom. The van der Waals surface area contributed by atoms with Crippen LogP contribution in [0.15, 0.2) is 42.5 Å². The Morgan fingerprint density at radius 1 is 0.875 bits per heavy atom. The third-order valence-electron chi connectivity index (χ3n) is 2.05. The van der Waals surface area contributed by atoms with E-state index in [2.05, 4.69) is 59.7 Å². The Hall–Kier alpha value is -1.15. The molecule has 86 valence electrons. The van der Waals surface area contributed by atoms with Crippen LogP contribution >= 0.6 is 0 Å². The molecule has 1 nitrogen and oxygen atoms in total. The first kappa shape index (κ1) is 12.9. The Balaban J connectivity index is 0.000000606. The number of hydrogen-bond donors (Lipinski definition) is 0. The van der Waals surface area contributed by atoms with Gasteiger partial charge in [-0.15, -0.1) is 0 Å². The molecule has 16 heavy (non-hydrogen) atoms. The lowest BCUT2D eigenvalue weighted by Gasteiger charge is -2.18. The Kier molecular flexibility index (Phi) is 5.20. The predicted molar refractivity (Wildman–Crippen MR) is 77.5 cm³/mol. The maximum absolute atomic E-state index is 4.62. The van der Waals surface area contributed by atoms with E-state index in [1.807, 2.05) is 13.8 Å². The molecule has 2 aromatic carbocycles. The summed E-state index contributed by atoms with van der Waals surface area (Å²) in [7, 11) is 0. The van der Waals surface area contributed by atoms with Gasteiger partial charge in [0.1, 0.15) is 0 Å². The van der Waals surface area contributed by atoms with Gasteiger partial charge in [-0.05, 0) is 10.8 Å². The molecule has 0 unspecified atom stereocenters. The van der Waals surface area contributed by atoms with Crippen LogP contribution in [0.3, 0.4) is 0 Å². The van der Waals surface area contributed by atoms with E-state index in [-0.39, 0.29) is 11.1 Å². The van der Waals surface area contributed by atoms with E-state index in [4.69, 9.17) is 0 Å². The van der Waals surface area contributed by atoms with Crippen molar-refractivity contribution in [3.05, 3.63) is 47.2 Å². The van der Waals surface area contributed by atoms with Gasteiger partial charge < -0.3 is 4.72 Å². The molecule has 0 bridgehead atoms. The van der Waals surface area contributed by atoms with E-state index in [1.165, 1.54) is 10.8 Å². The summed E-state index contributed by atoms with van der Waals surface area (Å²) in [4.78, 5) is 0. The van der Waals surface area contributed by atoms with Crippen molar-refractivity contribution in [3.63, 3.8) is 0 Å². The van der Waals surface area contributed by atoms with Crippen molar-refractivity contribution in [2.24, 2.45) is 0 Å². The third kappa shape index (κ3) is 3.17. The van der Waals surface area contributed by atoms with Crippen LogP contribution in [0.4, 0.5) is 5.69 Å².